The smallest absolute Gasteiger partial charge is 0.333 e. The highest BCUT2D eigenvalue weighted by atomic mass is 79.9. The molecule has 0 aliphatic rings. The molecule has 0 aliphatic carbocycles. The van der Waals surface area contributed by atoms with Crippen molar-refractivity contribution in [3.63, 3.8) is 0 Å². The topological polar surface area (TPSA) is 27.7 Å². The highest BCUT2D eigenvalue weighted by Gasteiger charge is 2.29. The van der Waals surface area contributed by atoms with Gasteiger partial charge in [0.05, 0.1) is 6.61 Å². The number of hydrogen-bond donors (Lipinski definition) is 0. The van der Waals surface area contributed by atoms with Crippen molar-refractivity contribution >= 4 is 24.5 Å². The van der Waals surface area contributed by atoms with Gasteiger partial charge in [0.2, 0.25) is 0 Å². The van der Waals surface area contributed by atoms with Crippen molar-refractivity contribution in [2.75, 3.05) is 18.5 Å². The van der Waals surface area contributed by atoms with Crippen LogP contribution in [0.2, 0.25) is 13.1 Å². The maximum atomic E-state index is 6.39. The van der Waals surface area contributed by atoms with Gasteiger partial charge in [0.1, 0.15) is 6.29 Å². The first-order chi connectivity index (χ1) is 14.6. The Kier molecular flexibility index (Phi) is 22.7. The molecular weight excluding hydrogens is 456 g/mol. The van der Waals surface area contributed by atoms with E-state index in [9.17, 15) is 0 Å². The quantitative estimate of drug-likeness (QED) is 0.0454. The minimum atomic E-state index is -2.15. The first-order valence-corrected chi connectivity index (χ1v) is 16.6. The molecule has 5 heteroatoms. The molecule has 0 aromatic carbocycles. The van der Waals surface area contributed by atoms with E-state index in [4.69, 9.17) is 13.6 Å². The third-order valence-corrected chi connectivity index (χ3v) is 7.46. The maximum absolute atomic E-state index is 6.39. The molecule has 180 valence electrons. The fraction of sp³-hybridized carbons (Fsp3) is 0.920. The van der Waals surface area contributed by atoms with Crippen molar-refractivity contribution in [1.29, 1.82) is 0 Å². The van der Waals surface area contributed by atoms with Crippen molar-refractivity contribution in [2.24, 2.45) is 0 Å². The Hall–Kier alpha value is 0.317. The van der Waals surface area contributed by atoms with Crippen molar-refractivity contribution in [3.05, 3.63) is 12.2 Å². The lowest BCUT2D eigenvalue weighted by Gasteiger charge is -2.29. The van der Waals surface area contributed by atoms with E-state index in [1.165, 1.54) is 77.0 Å². The minimum Gasteiger partial charge on any atom is -0.394 e. The lowest BCUT2D eigenvalue weighted by molar-refractivity contribution is -0.102. The van der Waals surface area contributed by atoms with Gasteiger partial charge in [-0.3, -0.25) is 0 Å². The summed E-state index contributed by atoms with van der Waals surface area (Å²) in [4.78, 5) is 0. The Morgan fingerprint density at radius 3 is 2.10 bits per heavy atom. The summed E-state index contributed by atoms with van der Waals surface area (Å²) in [5.74, 6) is 0. The summed E-state index contributed by atoms with van der Waals surface area (Å²) in [6.45, 7) is 10.4. The van der Waals surface area contributed by atoms with Crippen LogP contribution in [0.5, 0.6) is 0 Å². The van der Waals surface area contributed by atoms with Gasteiger partial charge in [-0.05, 0) is 58.0 Å². The molecule has 1 unspecified atom stereocenters. The lowest BCUT2D eigenvalue weighted by Crippen LogP contribution is -2.40. The number of alkyl halides is 1. The number of ether oxygens (including phenoxy) is 1. The van der Waals surface area contributed by atoms with Crippen LogP contribution < -0.4 is 0 Å². The van der Waals surface area contributed by atoms with Crippen LogP contribution in [0.15, 0.2) is 12.2 Å². The van der Waals surface area contributed by atoms with Gasteiger partial charge in [-0.25, -0.2) is 0 Å². The first kappa shape index (κ1) is 30.3. The molecule has 0 aromatic heterocycles. The summed E-state index contributed by atoms with van der Waals surface area (Å²) in [7, 11) is -2.15. The van der Waals surface area contributed by atoms with Crippen molar-refractivity contribution in [2.45, 2.75) is 130 Å². The van der Waals surface area contributed by atoms with Gasteiger partial charge < -0.3 is 13.6 Å². The molecule has 0 amide bonds. The second kappa shape index (κ2) is 22.5. The third-order valence-electron chi connectivity index (χ3n) is 5.17. The Bertz CT molecular complexity index is 377. The van der Waals surface area contributed by atoms with E-state index in [2.05, 4.69) is 55.0 Å². The average Bonchev–Trinajstić information content (AvgIpc) is 2.72. The highest BCUT2D eigenvalue weighted by molar-refractivity contribution is 9.09. The normalized spacial score (nSPS) is 13.4. The number of unbranched alkanes of at least 4 members (excludes halogenated alkanes) is 10. The molecule has 0 radical (unpaired) electrons. The summed E-state index contributed by atoms with van der Waals surface area (Å²) in [5, 5.41) is 1.10. The van der Waals surface area contributed by atoms with Gasteiger partial charge in [0, 0.05) is 11.9 Å². The Morgan fingerprint density at radius 2 is 1.37 bits per heavy atom. The molecule has 0 saturated heterocycles. The number of hydrogen-bond acceptors (Lipinski definition) is 3. The monoisotopic (exact) mass is 506 g/mol. The minimum absolute atomic E-state index is 0.116. The van der Waals surface area contributed by atoms with Crippen LogP contribution in [0.4, 0.5) is 0 Å². The highest BCUT2D eigenvalue weighted by Crippen LogP contribution is 2.18. The fourth-order valence-electron chi connectivity index (χ4n) is 3.32. The van der Waals surface area contributed by atoms with Crippen LogP contribution in [-0.2, 0) is 13.6 Å². The zero-order valence-corrected chi connectivity index (χ0v) is 23.1. The number of allylic oxidation sites excluding steroid dienone is 1. The Balaban J connectivity index is 4.24. The maximum Gasteiger partial charge on any atom is 0.333 e. The molecule has 0 heterocycles. The van der Waals surface area contributed by atoms with Gasteiger partial charge >= 0.3 is 8.56 Å². The van der Waals surface area contributed by atoms with Crippen molar-refractivity contribution in [3.8, 4) is 0 Å². The molecule has 3 nitrogen and oxygen atoms in total. The van der Waals surface area contributed by atoms with Crippen LogP contribution in [0.25, 0.3) is 0 Å². The number of rotatable bonds is 23. The molecule has 0 spiro atoms. The van der Waals surface area contributed by atoms with Gasteiger partial charge in [0.15, 0.2) is 0 Å². The van der Waals surface area contributed by atoms with E-state index < -0.39 is 8.56 Å². The van der Waals surface area contributed by atoms with E-state index in [0.29, 0.717) is 0 Å². The molecule has 0 aliphatic heterocycles. The van der Waals surface area contributed by atoms with E-state index >= 15 is 0 Å². The zero-order valence-electron chi connectivity index (χ0n) is 20.6. The molecule has 0 bridgehead atoms. The van der Waals surface area contributed by atoms with E-state index in [1.54, 1.807) is 0 Å². The van der Waals surface area contributed by atoms with E-state index in [0.717, 1.165) is 37.8 Å². The molecule has 1 atom stereocenters. The second-order valence-electron chi connectivity index (χ2n) is 8.73. The Labute approximate surface area is 198 Å². The summed E-state index contributed by atoms with van der Waals surface area (Å²) in [6.07, 6.45) is 22.7. The Morgan fingerprint density at radius 1 is 0.733 bits per heavy atom. The summed E-state index contributed by atoms with van der Waals surface area (Å²) in [6, 6.07) is 0. The van der Waals surface area contributed by atoms with Gasteiger partial charge in [-0.2, -0.15) is 0 Å². The predicted molar refractivity (Wildman–Crippen MR) is 138 cm³/mol. The van der Waals surface area contributed by atoms with Gasteiger partial charge in [-0.1, -0.05) is 93.3 Å². The predicted octanol–water partition coefficient (Wildman–Crippen LogP) is 8.91. The van der Waals surface area contributed by atoms with Crippen molar-refractivity contribution in [1.82, 2.24) is 0 Å². The number of halogens is 1. The lowest BCUT2D eigenvalue weighted by atomic mass is 10.1. The van der Waals surface area contributed by atoms with Crippen molar-refractivity contribution < 1.29 is 13.6 Å². The van der Waals surface area contributed by atoms with Crippen LogP contribution in [0, 0.1) is 0 Å². The van der Waals surface area contributed by atoms with E-state index in [-0.39, 0.29) is 6.29 Å². The standard InChI is InChI=1S/C25H51BrO3Si/c1-5-7-9-11-12-15-19-23-27-25(21-17-13-10-8-6-2)29-30(3,4)28-24-20-16-14-18-22-26/h12,15,25H,5-11,13-14,16-24H2,1-4H3/b15-12-. The molecule has 0 aromatic rings. The van der Waals surface area contributed by atoms with Crippen LogP contribution in [-0.4, -0.2) is 33.4 Å². The SMILES string of the molecule is CCCCC/C=C\CCOC(CCCCCCC)O[Si](C)(C)OCCCCCCBr. The molecule has 0 N–H and O–H groups in total. The fourth-order valence-corrected chi connectivity index (χ4v) is 5.24. The summed E-state index contributed by atoms with van der Waals surface area (Å²) >= 11 is 3.49. The van der Waals surface area contributed by atoms with Gasteiger partial charge in [0.25, 0.3) is 0 Å². The van der Waals surface area contributed by atoms with Crippen LogP contribution in [0.3, 0.4) is 0 Å². The molecule has 0 fully saturated rings. The molecule has 30 heavy (non-hydrogen) atoms. The summed E-state index contributed by atoms with van der Waals surface area (Å²) < 4.78 is 18.7. The first-order valence-electron chi connectivity index (χ1n) is 12.7. The third kappa shape index (κ3) is 21.5. The molecule has 0 saturated carbocycles. The molecular formula is C25H51BrO3Si. The van der Waals surface area contributed by atoms with Crippen LogP contribution in [0.1, 0.15) is 110 Å². The zero-order chi connectivity index (χ0) is 22.3. The largest absolute Gasteiger partial charge is 0.394 e. The summed E-state index contributed by atoms with van der Waals surface area (Å²) in [5.41, 5.74) is 0. The van der Waals surface area contributed by atoms with Gasteiger partial charge in [-0.15, -0.1) is 0 Å². The second-order valence-corrected chi connectivity index (χ2v) is 12.8. The molecule has 0 rings (SSSR count). The van der Waals surface area contributed by atoms with E-state index in [1.807, 2.05) is 0 Å². The van der Waals surface area contributed by atoms with Crippen LogP contribution >= 0.6 is 15.9 Å². The average molecular weight is 508 g/mol.